The van der Waals surface area contributed by atoms with Gasteiger partial charge in [0.05, 0.1) is 24.7 Å². The number of benzene rings is 2. The lowest BCUT2D eigenvalue weighted by Crippen LogP contribution is -2.13. The van der Waals surface area contributed by atoms with Crippen LogP contribution in [0.15, 0.2) is 47.4 Å². The van der Waals surface area contributed by atoms with Crippen LogP contribution in [0.3, 0.4) is 0 Å². The maximum Gasteiger partial charge on any atom is 0.262 e. The topological polar surface area (TPSA) is 73.9 Å². The summed E-state index contributed by atoms with van der Waals surface area (Å²) in [6.07, 6.45) is 0.765. The van der Waals surface area contributed by atoms with Crippen LogP contribution >= 0.6 is 0 Å². The molecule has 0 amide bonds. The first-order valence-corrected chi connectivity index (χ1v) is 9.22. The van der Waals surface area contributed by atoms with Crippen molar-refractivity contribution in [3.05, 3.63) is 42.5 Å². The van der Waals surface area contributed by atoms with Crippen LogP contribution in [0.25, 0.3) is 0 Å². The van der Waals surface area contributed by atoms with Crippen molar-refractivity contribution in [3.63, 3.8) is 0 Å². The molecule has 0 aromatic heterocycles. The van der Waals surface area contributed by atoms with E-state index < -0.39 is 10.0 Å². The molecule has 2 aromatic rings. The molecule has 0 fully saturated rings. The summed E-state index contributed by atoms with van der Waals surface area (Å²) in [6.45, 7) is 3.51. The van der Waals surface area contributed by atoms with Gasteiger partial charge in [0.1, 0.15) is 5.75 Å². The highest BCUT2D eigenvalue weighted by Crippen LogP contribution is 2.32. The average Bonchev–Trinajstić information content (AvgIpc) is 2.81. The van der Waals surface area contributed by atoms with Gasteiger partial charge in [-0.2, -0.15) is 0 Å². The molecule has 1 aliphatic rings. The number of rotatable bonds is 5. The summed E-state index contributed by atoms with van der Waals surface area (Å²) >= 11 is 0. The van der Waals surface area contributed by atoms with Crippen molar-refractivity contribution >= 4 is 15.7 Å². The van der Waals surface area contributed by atoms with Crippen LogP contribution in [-0.2, 0) is 10.0 Å². The third-order valence-corrected chi connectivity index (χ3v) is 4.83. The number of hydrogen-bond acceptors (Lipinski definition) is 5. The van der Waals surface area contributed by atoms with E-state index in [1.807, 2.05) is 6.92 Å². The minimum Gasteiger partial charge on any atom is -0.494 e. The smallest absolute Gasteiger partial charge is 0.262 e. The van der Waals surface area contributed by atoms with Gasteiger partial charge in [-0.25, -0.2) is 8.42 Å². The molecular weight excluding hydrogens is 330 g/mol. The lowest BCUT2D eigenvalue weighted by Gasteiger charge is -2.12. The zero-order valence-corrected chi connectivity index (χ0v) is 14.1. The van der Waals surface area contributed by atoms with Gasteiger partial charge < -0.3 is 14.2 Å². The second-order valence-electron chi connectivity index (χ2n) is 5.22. The Morgan fingerprint density at radius 3 is 2.46 bits per heavy atom. The number of sulfonamides is 1. The molecule has 0 aliphatic carbocycles. The lowest BCUT2D eigenvalue weighted by atomic mass is 10.3. The molecule has 128 valence electrons. The van der Waals surface area contributed by atoms with Crippen LogP contribution in [0, 0.1) is 0 Å². The van der Waals surface area contributed by atoms with Gasteiger partial charge in [-0.05, 0) is 43.3 Å². The zero-order valence-electron chi connectivity index (χ0n) is 13.3. The van der Waals surface area contributed by atoms with Gasteiger partial charge in [-0.3, -0.25) is 4.72 Å². The van der Waals surface area contributed by atoms with Crippen LogP contribution < -0.4 is 18.9 Å². The Kier molecular flexibility index (Phi) is 4.80. The molecule has 0 unspecified atom stereocenters. The van der Waals surface area contributed by atoms with Crippen molar-refractivity contribution in [2.75, 3.05) is 24.5 Å². The van der Waals surface area contributed by atoms with E-state index in [-0.39, 0.29) is 4.90 Å². The summed E-state index contributed by atoms with van der Waals surface area (Å²) in [6, 6.07) is 11.4. The minimum absolute atomic E-state index is 0.126. The Hall–Kier alpha value is -2.41. The molecular formula is C17H19NO5S. The molecule has 7 heteroatoms. The number of hydrogen-bond donors (Lipinski definition) is 1. The third-order valence-electron chi connectivity index (χ3n) is 3.45. The summed E-state index contributed by atoms with van der Waals surface area (Å²) in [7, 11) is -3.71. The molecule has 0 bridgehead atoms. The molecule has 0 radical (unpaired) electrons. The van der Waals surface area contributed by atoms with Crippen molar-refractivity contribution in [2.24, 2.45) is 0 Å². The number of ether oxygens (including phenoxy) is 3. The summed E-state index contributed by atoms with van der Waals surface area (Å²) in [5.41, 5.74) is 0.463. The molecule has 0 atom stereocenters. The molecule has 0 saturated carbocycles. The van der Waals surface area contributed by atoms with Gasteiger partial charge in [0, 0.05) is 18.2 Å². The van der Waals surface area contributed by atoms with E-state index >= 15 is 0 Å². The molecule has 6 nitrogen and oxygen atoms in total. The first-order valence-electron chi connectivity index (χ1n) is 7.74. The standard InChI is InChI=1S/C17H19NO5S/c1-2-21-14-6-4-13(5-7-14)18-24(19,20)15-8-9-16-17(12-15)23-11-3-10-22-16/h4-9,12,18H,2-3,10-11H2,1H3. The average molecular weight is 349 g/mol. The maximum absolute atomic E-state index is 12.5. The molecule has 3 rings (SSSR count). The summed E-state index contributed by atoms with van der Waals surface area (Å²) in [5.74, 6) is 1.70. The summed E-state index contributed by atoms with van der Waals surface area (Å²) in [5, 5.41) is 0. The Balaban J connectivity index is 1.81. The highest BCUT2D eigenvalue weighted by atomic mass is 32.2. The number of fused-ring (bicyclic) bond motifs is 1. The van der Waals surface area contributed by atoms with E-state index in [0.717, 1.165) is 6.42 Å². The molecule has 1 aliphatic heterocycles. The minimum atomic E-state index is -3.71. The fraction of sp³-hybridized carbons (Fsp3) is 0.294. The van der Waals surface area contributed by atoms with Crippen LogP contribution in [0.4, 0.5) is 5.69 Å². The Morgan fingerprint density at radius 1 is 1.04 bits per heavy atom. The number of anilines is 1. The van der Waals surface area contributed by atoms with Crippen molar-refractivity contribution in [1.82, 2.24) is 0 Å². The van der Waals surface area contributed by atoms with Crippen molar-refractivity contribution in [2.45, 2.75) is 18.2 Å². The Bertz CT molecular complexity index is 802. The fourth-order valence-electron chi connectivity index (χ4n) is 2.31. The highest BCUT2D eigenvalue weighted by molar-refractivity contribution is 7.92. The molecule has 2 aromatic carbocycles. The van der Waals surface area contributed by atoms with E-state index in [0.29, 0.717) is 42.8 Å². The van der Waals surface area contributed by atoms with Crippen LogP contribution in [0.1, 0.15) is 13.3 Å². The van der Waals surface area contributed by atoms with E-state index in [4.69, 9.17) is 14.2 Å². The molecule has 1 heterocycles. The van der Waals surface area contributed by atoms with Crippen molar-refractivity contribution < 1.29 is 22.6 Å². The predicted octanol–water partition coefficient (Wildman–Crippen LogP) is 3.05. The SMILES string of the molecule is CCOc1ccc(NS(=O)(=O)c2ccc3c(c2)OCCCO3)cc1. The molecule has 1 N–H and O–H groups in total. The van der Waals surface area contributed by atoms with Crippen LogP contribution in [-0.4, -0.2) is 28.2 Å². The van der Waals surface area contributed by atoms with Gasteiger partial charge in [-0.1, -0.05) is 0 Å². The Labute approximate surface area is 141 Å². The normalized spacial score (nSPS) is 13.9. The van der Waals surface area contributed by atoms with Crippen LogP contribution in [0.5, 0.6) is 17.2 Å². The fourth-order valence-corrected chi connectivity index (χ4v) is 3.38. The molecule has 0 saturated heterocycles. The maximum atomic E-state index is 12.5. The van der Waals surface area contributed by atoms with E-state index in [9.17, 15) is 8.42 Å². The van der Waals surface area contributed by atoms with Gasteiger partial charge in [0.2, 0.25) is 0 Å². The first-order chi connectivity index (χ1) is 11.6. The Morgan fingerprint density at radius 2 is 1.75 bits per heavy atom. The largest absolute Gasteiger partial charge is 0.494 e. The predicted molar refractivity (Wildman–Crippen MR) is 90.5 cm³/mol. The second-order valence-corrected chi connectivity index (χ2v) is 6.90. The number of nitrogens with one attached hydrogen (secondary N) is 1. The van der Waals surface area contributed by atoms with Crippen molar-refractivity contribution in [1.29, 1.82) is 0 Å². The summed E-state index contributed by atoms with van der Waals surface area (Å²) in [4.78, 5) is 0.126. The molecule has 24 heavy (non-hydrogen) atoms. The second kappa shape index (κ2) is 7.00. The van der Waals surface area contributed by atoms with Gasteiger partial charge in [0.25, 0.3) is 10.0 Å². The van der Waals surface area contributed by atoms with Gasteiger partial charge in [0.15, 0.2) is 11.5 Å². The van der Waals surface area contributed by atoms with Gasteiger partial charge >= 0.3 is 0 Å². The zero-order chi connectivity index (χ0) is 17.0. The molecule has 0 spiro atoms. The monoisotopic (exact) mass is 349 g/mol. The van der Waals surface area contributed by atoms with Crippen LogP contribution in [0.2, 0.25) is 0 Å². The van der Waals surface area contributed by atoms with Gasteiger partial charge in [-0.15, -0.1) is 0 Å². The highest BCUT2D eigenvalue weighted by Gasteiger charge is 2.19. The summed E-state index contributed by atoms with van der Waals surface area (Å²) < 4.78 is 44.0. The van der Waals surface area contributed by atoms with E-state index in [1.165, 1.54) is 12.1 Å². The van der Waals surface area contributed by atoms with Crippen molar-refractivity contribution in [3.8, 4) is 17.2 Å². The quantitative estimate of drug-likeness (QED) is 0.898. The first kappa shape index (κ1) is 16.4. The van der Waals surface area contributed by atoms with E-state index in [1.54, 1.807) is 30.3 Å². The third kappa shape index (κ3) is 3.73. The lowest BCUT2D eigenvalue weighted by molar-refractivity contribution is 0.297. The van der Waals surface area contributed by atoms with E-state index in [2.05, 4.69) is 4.72 Å².